The minimum Gasteiger partial charge on any atom is -0.495 e. The third kappa shape index (κ3) is 1.97. The van der Waals surface area contributed by atoms with E-state index in [0.29, 0.717) is 17.5 Å². The van der Waals surface area contributed by atoms with Gasteiger partial charge in [-0.2, -0.15) is 0 Å². The molecule has 1 aromatic heterocycles. The van der Waals surface area contributed by atoms with Crippen LogP contribution in [0, 0.1) is 0 Å². The number of aromatic nitrogens is 1. The van der Waals surface area contributed by atoms with Crippen molar-refractivity contribution in [2.45, 2.75) is 43.1 Å². The van der Waals surface area contributed by atoms with Gasteiger partial charge in [-0.1, -0.05) is 0 Å². The van der Waals surface area contributed by atoms with Crippen LogP contribution in [0.4, 0.5) is 5.82 Å². The first-order chi connectivity index (χ1) is 8.28. The Morgan fingerprint density at radius 1 is 1.29 bits per heavy atom. The number of hydrogen-bond donors (Lipinski definition) is 0. The van der Waals surface area contributed by atoms with E-state index in [1.165, 1.54) is 12.8 Å². The van der Waals surface area contributed by atoms with E-state index < -0.39 is 0 Å². The van der Waals surface area contributed by atoms with E-state index >= 15 is 0 Å². The quantitative estimate of drug-likeness (QED) is 0.757. The number of hydrogen-bond acceptors (Lipinski definition) is 3. The Kier molecular flexibility index (Phi) is 2.87. The molecule has 2 saturated heterocycles. The monoisotopic (exact) mass is 252 g/mol. The molecule has 2 bridgehead atoms. The zero-order valence-electron chi connectivity index (χ0n) is 9.97. The summed E-state index contributed by atoms with van der Waals surface area (Å²) in [6.45, 7) is 0. The number of rotatable bonds is 2. The lowest BCUT2D eigenvalue weighted by atomic mass is 10.0. The number of piperidine rings is 1. The van der Waals surface area contributed by atoms with Gasteiger partial charge in [0.2, 0.25) is 0 Å². The van der Waals surface area contributed by atoms with Crippen molar-refractivity contribution in [3.8, 4) is 5.75 Å². The van der Waals surface area contributed by atoms with Crippen molar-refractivity contribution in [1.82, 2.24) is 4.98 Å². The molecule has 3 nitrogen and oxygen atoms in total. The molecule has 2 unspecified atom stereocenters. The van der Waals surface area contributed by atoms with Gasteiger partial charge in [0.1, 0.15) is 11.6 Å². The molecule has 1 aromatic rings. The number of alkyl halides is 1. The fourth-order valence-corrected chi connectivity index (χ4v) is 3.54. The zero-order chi connectivity index (χ0) is 11.8. The van der Waals surface area contributed by atoms with Crippen molar-refractivity contribution in [2.24, 2.45) is 0 Å². The van der Waals surface area contributed by atoms with Crippen LogP contribution >= 0.6 is 11.6 Å². The molecule has 0 aromatic carbocycles. The Balaban J connectivity index is 1.84. The van der Waals surface area contributed by atoms with Gasteiger partial charge in [-0.3, -0.25) is 0 Å². The second kappa shape index (κ2) is 4.37. The minimum absolute atomic E-state index is 0.349. The number of halogens is 1. The van der Waals surface area contributed by atoms with E-state index in [2.05, 4.69) is 16.0 Å². The maximum Gasteiger partial charge on any atom is 0.137 e. The Morgan fingerprint density at radius 2 is 2.00 bits per heavy atom. The Hall–Kier alpha value is -0.960. The Labute approximate surface area is 107 Å². The van der Waals surface area contributed by atoms with Gasteiger partial charge >= 0.3 is 0 Å². The van der Waals surface area contributed by atoms with Crippen LogP contribution in [-0.4, -0.2) is 29.6 Å². The van der Waals surface area contributed by atoms with E-state index in [-0.39, 0.29) is 0 Å². The molecule has 2 aliphatic heterocycles. The molecule has 0 amide bonds. The van der Waals surface area contributed by atoms with Gasteiger partial charge in [0, 0.05) is 17.5 Å². The molecule has 0 aliphatic carbocycles. The molecule has 17 heavy (non-hydrogen) atoms. The van der Waals surface area contributed by atoms with Gasteiger partial charge in [0.05, 0.1) is 13.3 Å². The normalized spacial score (nSPS) is 31.6. The van der Waals surface area contributed by atoms with Crippen LogP contribution in [0.5, 0.6) is 5.75 Å². The van der Waals surface area contributed by atoms with E-state index in [4.69, 9.17) is 16.3 Å². The maximum atomic E-state index is 6.28. The second-order valence-electron chi connectivity index (χ2n) is 4.92. The van der Waals surface area contributed by atoms with Gasteiger partial charge in [-0.05, 0) is 37.8 Å². The molecule has 2 atom stereocenters. The summed E-state index contributed by atoms with van der Waals surface area (Å²) in [6.07, 6.45) is 6.47. The lowest BCUT2D eigenvalue weighted by Gasteiger charge is -2.37. The van der Waals surface area contributed by atoms with Crippen molar-refractivity contribution in [2.75, 3.05) is 12.0 Å². The van der Waals surface area contributed by atoms with Gasteiger partial charge in [0.25, 0.3) is 0 Å². The maximum absolute atomic E-state index is 6.28. The van der Waals surface area contributed by atoms with E-state index in [1.54, 1.807) is 13.3 Å². The summed E-state index contributed by atoms with van der Waals surface area (Å²) in [5.41, 5.74) is 0. The van der Waals surface area contributed by atoms with Crippen molar-refractivity contribution in [3.63, 3.8) is 0 Å². The molecule has 92 valence electrons. The Morgan fingerprint density at radius 3 is 2.53 bits per heavy atom. The molecule has 0 saturated carbocycles. The molecule has 4 heteroatoms. The first-order valence-corrected chi connectivity index (χ1v) is 6.64. The highest BCUT2D eigenvalue weighted by molar-refractivity contribution is 6.20. The molecule has 0 N–H and O–H groups in total. The molecule has 0 spiro atoms. The van der Waals surface area contributed by atoms with Gasteiger partial charge in [0.15, 0.2) is 0 Å². The van der Waals surface area contributed by atoms with Crippen LogP contribution < -0.4 is 9.64 Å². The predicted molar refractivity (Wildman–Crippen MR) is 69.0 cm³/mol. The number of nitrogens with zero attached hydrogens (tertiary/aromatic N) is 2. The summed E-state index contributed by atoms with van der Waals surface area (Å²) in [5, 5.41) is 0.349. The Bertz CT molecular complexity index is 381. The molecule has 0 radical (unpaired) electrons. The summed E-state index contributed by atoms with van der Waals surface area (Å²) >= 11 is 6.28. The number of fused-ring (bicyclic) bond motifs is 2. The number of methoxy groups -OCH3 is 1. The number of anilines is 1. The topological polar surface area (TPSA) is 25.4 Å². The molecule has 3 heterocycles. The molecule has 2 fully saturated rings. The number of pyridine rings is 1. The highest BCUT2D eigenvalue weighted by Crippen LogP contribution is 2.40. The third-order valence-corrected chi connectivity index (χ3v) is 4.25. The first-order valence-electron chi connectivity index (χ1n) is 6.20. The highest BCUT2D eigenvalue weighted by Gasteiger charge is 2.40. The van der Waals surface area contributed by atoms with Crippen molar-refractivity contribution < 1.29 is 4.74 Å². The summed E-state index contributed by atoms with van der Waals surface area (Å²) < 4.78 is 5.14. The average Bonchev–Trinajstić information content (AvgIpc) is 2.62. The summed E-state index contributed by atoms with van der Waals surface area (Å²) in [5.74, 6) is 1.88. The van der Waals surface area contributed by atoms with Crippen LogP contribution in [0.15, 0.2) is 18.3 Å². The highest BCUT2D eigenvalue weighted by atomic mass is 35.5. The van der Waals surface area contributed by atoms with Crippen molar-refractivity contribution >= 4 is 17.4 Å². The largest absolute Gasteiger partial charge is 0.495 e. The molecule has 2 aliphatic rings. The van der Waals surface area contributed by atoms with Crippen LogP contribution in [0.25, 0.3) is 0 Å². The SMILES string of the molecule is COc1ccc(N2C3CCC2CC(Cl)C3)nc1. The molecule has 3 rings (SSSR count). The summed E-state index contributed by atoms with van der Waals surface area (Å²) in [4.78, 5) is 6.95. The van der Waals surface area contributed by atoms with Gasteiger partial charge in [-0.25, -0.2) is 4.98 Å². The summed E-state index contributed by atoms with van der Waals surface area (Å²) in [6, 6.07) is 5.20. The van der Waals surface area contributed by atoms with E-state index in [9.17, 15) is 0 Å². The predicted octanol–water partition coefficient (Wildman–Crippen LogP) is 2.83. The van der Waals surface area contributed by atoms with Gasteiger partial charge < -0.3 is 9.64 Å². The van der Waals surface area contributed by atoms with Crippen molar-refractivity contribution in [1.29, 1.82) is 0 Å². The van der Waals surface area contributed by atoms with Crippen LogP contribution in [0.2, 0.25) is 0 Å². The fourth-order valence-electron chi connectivity index (χ4n) is 3.13. The average molecular weight is 253 g/mol. The molecular weight excluding hydrogens is 236 g/mol. The standard InChI is InChI=1S/C13H17ClN2O/c1-17-12-4-5-13(15-8-12)16-10-2-3-11(16)7-9(14)6-10/h4-5,8-11H,2-3,6-7H2,1H3. The zero-order valence-corrected chi connectivity index (χ0v) is 10.7. The smallest absolute Gasteiger partial charge is 0.137 e. The summed E-state index contributed by atoms with van der Waals surface area (Å²) in [7, 11) is 1.67. The first kappa shape index (κ1) is 11.1. The lowest BCUT2D eigenvalue weighted by molar-refractivity contribution is 0.412. The minimum atomic E-state index is 0.349. The van der Waals surface area contributed by atoms with Crippen LogP contribution in [0.3, 0.4) is 0 Å². The van der Waals surface area contributed by atoms with E-state index in [0.717, 1.165) is 24.4 Å². The third-order valence-electron chi connectivity index (χ3n) is 3.90. The fraction of sp³-hybridized carbons (Fsp3) is 0.615. The van der Waals surface area contributed by atoms with Gasteiger partial charge in [-0.15, -0.1) is 11.6 Å². The number of ether oxygens (including phenoxy) is 1. The van der Waals surface area contributed by atoms with E-state index in [1.807, 2.05) is 6.07 Å². The lowest BCUT2D eigenvalue weighted by Crippen LogP contribution is -2.43. The van der Waals surface area contributed by atoms with Crippen molar-refractivity contribution in [3.05, 3.63) is 18.3 Å². The molecular formula is C13H17ClN2O. The van der Waals surface area contributed by atoms with Crippen LogP contribution in [-0.2, 0) is 0 Å². The van der Waals surface area contributed by atoms with Crippen LogP contribution in [0.1, 0.15) is 25.7 Å². The second-order valence-corrected chi connectivity index (χ2v) is 5.53.